The molecule has 1 aromatic heterocycles. The molecule has 0 aliphatic carbocycles. The van der Waals surface area contributed by atoms with E-state index in [0.29, 0.717) is 24.3 Å². The van der Waals surface area contributed by atoms with Crippen LogP contribution in [0.3, 0.4) is 0 Å². The van der Waals surface area contributed by atoms with Crippen molar-refractivity contribution in [3.05, 3.63) is 54.0 Å². The van der Waals surface area contributed by atoms with Crippen LogP contribution in [0.5, 0.6) is 0 Å². The average Bonchev–Trinajstić information content (AvgIpc) is 3.35. The lowest BCUT2D eigenvalue weighted by Gasteiger charge is -2.20. The van der Waals surface area contributed by atoms with Gasteiger partial charge in [-0.1, -0.05) is 0 Å². The SMILES string of the molecule is CC(OC(=O)c1ccc(NC(=O)c2ccco2)cc1)C(=O)N1CCCC1. The van der Waals surface area contributed by atoms with Crippen LogP contribution in [0.2, 0.25) is 0 Å². The van der Waals surface area contributed by atoms with Gasteiger partial charge >= 0.3 is 5.97 Å². The van der Waals surface area contributed by atoms with Gasteiger partial charge in [-0.2, -0.15) is 0 Å². The molecule has 0 saturated carbocycles. The van der Waals surface area contributed by atoms with Crippen LogP contribution in [0, 0.1) is 0 Å². The van der Waals surface area contributed by atoms with Crippen LogP contribution in [0.1, 0.15) is 40.7 Å². The Morgan fingerprint density at radius 3 is 2.42 bits per heavy atom. The van der Waals surface area contributed by atoms with Crippen molar-refractivity contribution in [2.75, 3.05) is 18.4 Å². The molecule has 26 heavy (non-hydrogen) atoms. The Kier molecular flexibility index (Phi) is 5.36. The summed E-state index contributed by atoms with van der Waals surface area (Å²) in [4.78, 5) is 38.0. The molecule has 1 unspecified atom stereocenters. The number of furan rings is 1. The summed E-state index contributed by atoms with van der Waals surface area (Å²) in [5.41, 5.74) is 0.825. The smallest absolute Gasteiger partial charge is 0.338 e. The van der Waals surface area contributed by atoms with Gasteiger partial charge in [-0.05, 0) is 56.2 Å². The Morgan fingerprint density at radius 2 is 1.81 bits per heavy atom. The first kappa shape index (κ1) is 17.7. The van der Waals surface area contributed by atoms with Gasteiger partial charge in [0, 0.05) is 18.8 Å². The van der Waals surface area contributed by atoms with Crippen molar-refractivity contribution in [2.45, 2.75) is 25.9 Å². The monoisotopic (exact) mass is 356 g/mol. The molecule has 1 atom stereocenters. The minimum Gasteiger partial charge on any atom is -0.459 e. The third-order valence-corrected chi connectivity index (χ3v) is 4.17. The highest BCUT2D eigenvalue weighted by molar-refractivity contribution is 6.02. The summed E-state index contributed by atoms with van der Waals surface area (Å²) >= 11 is 0. The second kappa shape index (κ2) is 7.86. The van der Waals surface area contributed by atoms with E-state index in [-0.39, 0.29) is 17.6 Å². The molecule has 2 aromatic rings. The second-order valence-corrected chi connectivity index (χ2v) is 6.09. The minimum absolute atomic E-state index is 0.168. The van der Waals surface area contributed by atoms with Gasteiger partial charge in [0.1, 0.15) is 0 Å². The molecule has 0 bridgehead atoms. The predicted octanol–water partition coefficient (Wildman–Crippen LogP) is 2.70. The van der Waals surface area contributed by atoms with Crippen LogP contribution in [0.4, 0.5) is 5.69 Å². The van der Waals surface area contributed by atoms with Gasteiger partial charge in [0.05, 0.1) is 11.8 Å². The highest BCUT2D eigenvalue weighted by atomic mass is 16.5. The molecule has 7 heteroatoms. The molecule has 0 radical (unpaired) electrons. The van der Waals surface area contributed by atoms with E-state index in [0.717, 1.165) is 12.8 Å². The molecule has 1 aliphatic rings. The number of hydrogen-bond donors (Lipinski definition) is 1. The van der Waals surface area contributed by atoms with Crippen molar-refractivity contribution in [3.8, 4) is 0 Å². The Balaban J connectivity index is 1.56. The van der Waals surface area contributed by atoms with E-state index in [9.17, 15) is 14.4 Å². The van der Waals surface area contributed by atoms with E-state index >= 15 is 0 Å². The summed E-state index contributed by atoms with van der Waals surface area (Å²) in [5, 5.41) is 2.66. The molecule has 7 nitrogen and oxygen atoms in total. The lowest BCUT2D eigenvalue weighted by molar-refractivity contribution is -0.138. The Bertz CT molecular complexity index is 777. The Hall–Kier alpha value is -3.09. The maximum atomic E-state index is 12.2. The van der Waals surface area contributed by atoms with Crippen LogP contribution >= 0.6 is 0 Å². The molecule has 1 fully saturated rings. The first-order chi connectivity index (χ1) is 12.5. The zero-order chi connectivity index (χ0) is 18.5. The highest BCUT2D eigenvalue weighted by Crippen LogP contribution is 2.15. The fourth-order valence-corrected chi connectivity index (χ4v) is 2.76. The summed E-state index contributed by atoms with van der Waals surface area (Å²) in [6.45, 7) is 3.01. The normalized spacial score (nSPS) is 14.7. The lowest BCUT2D eigenvalue weighted by atomic mass is 10.2. The number of anilines is 1. The van der Waals surface area contributed by atoms with E-state index in [4.69, 9.17) is 9.15 Å². The van der Waals surface area contributed by atoms with Crippen molar-refractivity contribution < 1.29 is 23.5 Å². The van der Waals surface area contributed by atoms with Gasteiger partial charge in [-0.15, -0.1) is 0 Å². The standard InChI is InChI=1S/C19H20N2O5/c1-13(18(23)21-10-2-3-11-21)26-19(24)14-6-8-15(9-7-14)20-17(22)16-5-4-12-25-16/h4-9,12-13H,2-3,10-11H2,1H3,(H,20,22). The maximum absolute atomic E-state index is 12.2. The molecule has 0 spiro atoms. The Morgan fingerprint density at radius 1 is 1.12 bits per heavy atom. The number of carbonyl (C=O) groups excluding carboxylic acids is 3. The molecule has 3 rings (SSSR count). The first-order valence-electron chi connectivity index (χ1n) is 8.49. The number of nitrogens with one attached hydrogen (secondary N) is 1. The average molecular weight is 356 g/mol. The van der Waals surface area contributed by atoms with E-state index in [2.05, 4.69) is 5.32 Å². The van der Waals surface area contributed by atoms with Gasteiger partial charge in [-0.3, -0.25) is 9.59 Å². The summed E-state index contributed by atoms with van der Waals surface area (Å²) < 4.78 is 10.3. The van der Waals surface area contributed by atoms with E-state index in [1.54, 1.807) is 36.1 Å². The van der Waals surface area contributed by atoms with Crippen molar-refractivity contribution >= 4 is 23.5 Å². The molecule has 2 heterocycles. The first-order valence-corrected chi connectivity index (χ1v) is 8.49. The third kappa shape index (κ3) is 4.11. The van der Waals surface area contributed by atoms with E-state index in [1.807, 2.05) is 0 Å². The molecule has 136 valence electrons. The lowest BCUT2D eigenvalue weighted by Crippen LogP contribution is -2.38. The van der Waals surface area contributed by atoms with Crippen molar-refractivity contribution in [2.24, 2.45) is 0 Å². The molecule has 1 aliphatic heterocycles. The molecule has 2 amide bonds. The summed E-state index contributed by atoms with van der Waals surface area (Å²) in [6.07, 6.45) is 2.56. The zero-order valence-corrected chi connectivity index (χ0v) is 14.4. The van der Waals surface area contributed by atoms with Crippen LogP contribution in [0.15, 0.2) is 47.1 Å². The number of ether oxygens (including phenoxy) is 1. The summed E-state index contributed by atoms with van der Waals surface area (Å²) in [7, 11) is 0. The number of esters is 1. The van der Waals surface area contributed by atoms with E-state index in [1.165, 1.54) is 18.4 Å². The largest absolute Gasteiger partial charge is 0.459 e. The number of hydrogen-bond acceptors (Lipinski definition) is 5. The van der Waals surface area contributed by atoms with Gasteiger partial charge < -0.3 is 19.4 Å². The fraction of sp³-hybridized carbons (Fsp3) is 0.316. The van der Waals surface area contributed by atoms with Crippen molar-refractivity contribution in [1.82, 2.24) is 4.90 Å². The fourth-order valence-electron chi connectivity index (χ4n) is 2.76. The highest BCUT2D eigenvalue weighted by Gasteiger charge is 2.26. The second-order valence-electron chi connectivity index (χ2n) is 6.09. The predicted molar refractivity (Wildman–Crippen MR) is 93.8 cm³/mol. The quantitative estimate of drug-likeness (QED) is 0.832. The van der Waals surface area contributed by atoms with Gasteiger partial charge in [0.2, 0.25) is 0 Å². The Labute approximate surface area is 150 Å². The van der Waals surface area contributed by atoms with Crippen LogP contribution < -0.4 is 5.32 Å². The zero-order valence-electron chi connectivity index (χ0n) is 14.4. The van der Waals surface area contributed by atoms with Gasteiger partial charge in [0.15, 0.2) is 11.9 Å². The summed E-state index contributed by atoms with van der Waals surface area (Å²) in [6, 6.07) is 9.42. The van der Waals surface area contributed by atoms with Gasteiger partial charge in [0.25, 0.3) is 11.8 Å². The molecule has 1 N–H and O–H groups in total. The molecular weight excluding hydrogens is 336 g/mol. The van der Waals surface area contributed by atoms with Crippen LogP contribution in [0.25, 0.3) is 0 Å². The number of amides is 2. The summed E-state index contributed by atoms with van der Waals surface area (Å²) in [5.74, 6) is -0.926. The van der Waals surface area contributed by atoms with Crippen molar-refractivity contribution in [1.29, 1.82) is 0 Å². The topological polar surface area (TPSA) is 88.8 Å². The van der Waals surface area contributed by atoms with Gasteiger partial charge in [-0.25, -0.2) is 4.79 Å². The molecule has 1 aromatic carbocycles. The molecule has 1 saturated heterocycles. The minimum atomic E-state index is -0.820. The van der Waals surface area contributed by atoms with Crippen LogP contribution in [-0.4, -0.2) is 41.9 Å². The van der Waals surface area contributed by atoms with E-state index < -0.39 is 12.1 Å². The third-order valence-electron chi connectivity index (χ3n) is 4.17. The molecular formula is C19H20N2O5. The number of rotatable bonds is 5. The number of carbonyl (C=O) groups is 3. The number of benzene rings is 1. The number of nitrogens with zero attached hydrogens (tertiary/aromatic N) is 1. The number of likely N-dealkylation sites (tertiary alicyclic amines) is 1. The van der Waals surface area contributed by atoms with Crippen molar-refractivity contribution in [3.63, 3.8) is 0 Å². The van der Waals surface area contributed by atoms with Crippen LogP contribution in [-0.2, 0) is 9.53 Å². The maximum Gasteiger partial charge on any atom is 0.338 e.